The molecule has 0 aliphatic carbocycles. The number of nitrogens with zero attached hydrogens (tertiary/aromatic N) is 4. The molecule has 6 rings (SSSR count). The maximum absolute atomic E-state index is 15.1. The van der Waals surface area contributed by atoms with Crippen molar-refractivity contribution < 1.29 is 24.1 Å². The molecule has 9 nitrogen and oxygen atoms in total. The van der Waals surface area contributed by atoms with Crippen molar-refractivity contribution in [3.63, 3.8) is 0 Å². The first kappa shape index (κ1) is 30.5. The Morgan fingerprint density at radius 3 is 2.48 bits per heavy atom. The lowest BCUT2D eigenvalue weighted by molar-refractivity contribution is -0.147. The number of aryl methyl sites for hydroxylation is 1. The number of ether oxygens (including phenoxy) is 3. The molecule has 1 fully saturated rings. The summed E-state index contributed by atoms with van der Waals surface area (Å²) in [5, 5.41) is 19.2. The average molecular weight is 617 g/mol. The van der Waals surface area contributed by atoms with Crippen molar-refractivity contribution in [2.45, 2.75) is 83.0 Å². The van der Waals surface area contributed by atoms with Crippen LogP contribution in [0.1, 0.15) is 50.9 Å². The van der Waals surface area contributed by atoms with E-state index in [9.17, 15) is 5.11 Å². The smallest absolute Gasteiger partial charge is 0.265 e. The summed E-state index contributed by atoms with van der Waals surface area (Å²) in [7, 11) is 1.07. The second-order valence-electron chi connectivity index (χ2n) is 13.6. The Balaban J connectivity index is 1.49. The summed E-state index contributed by atoms with van der Waals surface area (Å²) < 4.78 is 20.6. The van der Waals surface area contributed by atoms with Gasteiger partial charge >= 0.3 is 0 Å². The van der Waals surface area contributed by atoms with E-state index >= 15 is 4.79 Å². The van der Waals surface area contributed by atoms with Gasteiger partial charge in [-0.2, -0.15) is 0 Å². The minimum atomic E-state index is -2.29. The zero-order valence-corrected chi connectivity index (χ0v) is 28.0. The van der Waals surface area contributed by atoms with E-state index in [0.717, 1.165) is 33.8 Å². The third kappa shape index (κ3) is 4.44. The quantitative estimate of drug-likeness (QED) is 0.349. The molecular weight excluding hydrogens is 572 g/mol. The Labute approximate surface area is 260 Å². The predicted octanol–water partition coefficient (Wildman–Crippen LogP) is 4.68. The molecule has 0 bridgehead atoms. The number of aromatic nitrogens is 3. The molecule has 1 spiro atoms. The highest BCUT2D eigenvalue weighted by atomic mass is 28.3. The standard InChI is InChI=1S/C34H44N4O5Si/c1-21-19-33(3,4)38-30-26(21)13-14-27(42-6)29(30)34(32(38)40)22(2)31(44(7,8)25-11-9-24(41-5)10-12-25)28(43-34)15-17-37-20-23(16-18-39)35-36-37/h9-14,19-20,22,28,31,39H,15-18H2,1-8H3/t22-,28+,31-,34+/m0/s1. The van der Waals surface area contributed by atoms with Crippen LogP contribution in [0.2, 0.25) is 18.6 Å². The van der Waals surface area contributed by atoms with Crippen molar-refractivity contribution in [3.8, 4) is 11.5 Å². The van der Waals surface area contributed by atoms with Crippen LogP contribution in [0.5, 0.6) is 11.5 Å². The SMILES string of the molecule is COc1ccc([Si](C)(C)[C@@H]2[C@@H](CCn3cc(CCO)nn3)O[C@]3(C(=O)N4c5c(ccc(OC)c53)C(C)=CC4(C)C)[C@H]2C)cc1. The molecule has 1 amide bonds. The normalized spacial score (nSPS) is 25.4. The number of amides is 1. The van der Waals surface area contributed by atoms with E-state index < -0.39 is 19.2 Å². The molecule has 0 saturated carbocycles. The first-order valence-electron chi connectivity index (χ1n) is 15.5. The summed E-state index contributed by atoms with van der Waals surface area (Å²) in [6.45, 7) is 13.9. The van der Waals surface area contributed by atoms with Crippen LogP contribution in [0.25, 0.3) is 5.57 Å². The number of anilines is 1. The minimum Gasteiger partial charge on any atom is -0.497 e. The van der Waals surface area contributed by atoms with Gasteiger partial charge in [0.1, 0.15) is 11.5 Å². The lowest BCUT2D eigenvalue weighted by Gasteiger charge is -2.40. The molecule has 4 heterocycles. The molecule has 3 aliphatic heterocycles. The molecule has 1 N–H and O–H groups in total. The van der Waals surface area contributed by atoms with Gasteiger partial charge in [0.15, 0.2) is 5.60 Å². The summed E-state index contributed by atoms with van der Waals surface area (Å²) in [4.78, 5) is 17.0. The van der Waals surface area contributed by atoms with Gasteiger partial charge in [0.25, 0.3) is 5.91 Å². The van der Waals surface area contributed by atoms with Gasteiger partial charge in [0.05, 0.1) is 50.9 Å². The molecule has 3 aliphatic rings. The van der Waals surface area contributed by atoms with E-state index in [1.807, 2.05) is 34.0 Å². The summed E-state index contributed by atoms with van der Waals surface area (Å²) in [6.07, 6.45) is 4.98. The number of aliphatic hydroxyl groups is 1. The number of hydrogen-bond acceptors (Lipinski definition) is 7. The second-order valence-corrected chi connectivity index (χ2v) is 18.2. The number of hydrogen-bond donors (Lipinski definition) is 1. The van der Waals surface area contributed by atoms with Gasteiger partial charge in [0, 0.05) is 37.3 Å². The second kappa shape index (κ2) is 10.9. The molecule has 44 heavy (non-hydrogen) atoms. The van der Waals surface area contributed by atoms with Gasteiger partial charge in [-0.25, -0.2) is 0 Å². The summed E-state index contributed by atoms with van der Waals surface area (Å²) in [6, 6.07) is 12.5. The molecule has 2 aromatic carbocycles. The molecule has 0 radical (unpaired) electrons. The Hall–Kier alpha value is -3.47. The Kier molecular flexibility index (Phi) is 7.53. The van der Waals surface area contributed by atoms with Crippen LogP contribution < -0.4 is 19.6 Å². The largest absolute Gasteiger partial charge is 0.497 e. The number of fused-ring (bicyclic) bond motifs is 1. The van der Waals surface area contributed by atoms with Crippen LogP contribution in [0.4, 0.5) is 5.69 Å². The fraction of sp³-hybridized carbons (Fsp3) is 0.500. The molecule has 234 valence electrons. The highest BCUT2D eigenvalue weighted by Crippen LogP contribution is 2.64. The molecule has 0 unspecified atom stereocenters. The molecule has 1 aromatic heterocycles. The highest BCUT2D eigenvalue weighted by molar-refractivity contribution is 6.91. The van der Waals surface area contributed by atoms with E-state index in [-0.39, 0.29) is 30.1 Å². The number of methoxy groups -OCH3 is 2. The first-order valence-corrected chi connectivity index (χ1v) is 18.6. The first-order chi connectivity index (χ1) is 20.9. The van der Waals surface area contributed by atoms with E-state index in [1.54, 1.807) is 14.2 Å². The Bertz CT molecular complexity index is 1610. The number of allylic oxidation sites excluding steroid dienone is 1. The third-order valence-electron chi connectivity index (χ3n) is 10.2. The number of aliphatic hydroxyl groups excluding tert-OH is 1. The molecule has 10 heteroatoms. The van der Waals surface area contributed by atoms with Crippen LogP contribution in [-0.4, -0.2) is 66.6 Å². The van der Waals surface area contributed by atoms with E-state index in [4.69, 9.17) is 14.2 Å². The van der Waals surface area contributed by atoms with Crippen molar-refractivity contribution in [3.05, 3.63) is 65.5 Å². The minimum absolute atomic E-state index is 0.0162. The van der Waals surface area contributed by atoms with Crippen LogP contribution in [-0.2, 0) is 28.1 Å². The average Bonchev–Trinajstić information content (AvgIpc) is 3.64. The lowest BCUT2D eigenvalue weighted by atomic mass is 9.81. The van der Waals surface area contributed by atoms with Crippen molar-refractivity contribution in [2.75, 3.05) is 25.7 Å². The van der Waals surface area contributed by atoms with Gasteiger partial charge in [-0.3, -0.25) is 14.4 Å². The van der Waals surface area contributed by atoms with Gasteiger partial charge in [-0.1, -0.05) is 48.6 Å². The predicted molar refractivity (Wildman–Crippen MR) is 173 cm³/mol. The zero-order valence-electron chi connectivity index (χ0n) is 27.0. The number of carbonyl (C=O) groups excluding carboxylic acids is 1. The van der Waals surface area contributed by atoms with Crippen molar-refractivity contribution in [2.24, 2.45) is 5.92 Å². The molecule has 3 aromatic rings. The van der Waals surface area contributed by atoms with E-state index in [0.29, 0.717) is 25.1 Å². The van der Waals surface area contributed by atoms with Crippen LogP contribution in [0.15, 0.2) is 48.7 Å². The zero-order chi connectivity index (χ0) is 31.6. The number of benzene rings is 2. The fourth-order valence-corrected chi connectivity index (χ4v) is 12.3. The Morgan fingerprint density at radius 1 is 1.09 bits per heavy atom. The van der Waals surface area contributed by atoms with Crippen molar-refractivity contribution >= 4 is 30.4 Å². The Morgan fingerprint density at radius 2 is 1.82 bits per heavy atom. The van der Waals surface area contributed by atoms with Gasteiger partial charge in [-0.15, -0.1) is 5.10 Å². The van der Waals surface area contributed by atoms with Crippen LogP contribution in [0.3, 0.4) is 0 Å². The van der Waals surface area contributed by atoms with Gasteiger partial charge in [-0.05, 0) is 62.6 Å². The topological polar surface area (TPSA) is 98.9 Å². The summed E-state index contributed by atoms with van der Waals surface area (Å²) in [5.74, 6) is 1.36. The monoisotopic (exact) mass is 616 g/mol. The maximum atomic E-state index is 15.1. The summed E-state index contributed by atoms with van der Waals surface area (Å²) in [5.41, 5.74) is 3.10. The van der Waals surface area contributed by atoms with Gasteiger partial charge < -0.3 is 19.3 Å². The van der Waals surface area contributed by atoms with Crippen molar-refractivity contribution in [1.82, 2.24) is 15.0 Å². The highest BCUT2D eigenvalue weighted by Gasteiger charge is 2.69. The van der Waals surface area contributed by atoms with Crippen LogP contribution >= 0.6 is 0 Å². The molecule has 4 atom stereocenters. The summed E-state index contributed by atoms with van der Waals surface area (Å²) >= 11 is 0. The number of carbonyl (C=O) groups is 1. The van der Waals surface area contributed by atoms with Crippen LogP contribution in [0, 0.1) is 5.92 Å². The number of rotatable bonds is 9. The lowest BCUT2D eigenvalue weighted by Crippen LogP contribution is -2.54. The van der Waals surface area contributed by atoms with E-state index in [2.05, 4.69) is 75.4 Å². The van der Waals surface area contributed by atoms with Crippen molar-refractivity contribution in [1.29, 1.82) is 0 Å². The fourth-order valence-electron chi connectivity index (χ4n) is 8.25. The van der Waals surface area contributed by atoms with E-state index in [1.165, 1.54) is 5.19 Å². The third-order valence-corrected chi connectivity index (χ3v) is 14.6. The maximum Gasteiger partial charge on any atom is 0.265 e. The van der Waals surface area contributed by atoms with Gasteiger partial charge in [0.2, 0.25) is 0 Å². The molecule has 1 saturated heterocycles. The molecular formula is C34H44N4O5Si.